The topological polar surface area (TPSA) is 40.5 Å². The molecular weight excluding hydrogens is 272 g/mol. The van der Waals surface area contributed by atoms with E-state index in [1.807, 2.05) is 12.1 Å². The van der Waals surface area contributed by atoms with E-state index >= 15 is 0 Å². The third-order valence-corrected chi connectivity index (χ3v) is 7.26. The Morgan fingerprint density at radius 1 is 1.23 bits per heavy atom. The summed E-state index contributed by atoms with van der Waals surface area (Å²) in [5.74, 6) is 1.41. The van der Waals surface area contributed by atoms with Gasteiger partial charge in [0.25, 0.3) is 0 Å². The lowest BCUT2D eigenvalue weighted by Gasteiger charge is -2.57. The summed E-state index contributed by atoms with van der Waals surface area (Å²) in [6.45, 7) is 6.53. The van der Waals surface area contributed by atoms with E-state index in [4.69, 9.17) is 0 Å². The molecule has 2 heteroatoms. The van der Waals surface area contributed by atoms with Crippen LogP contribution in [0.1, 0.15) is 56.1 Å². The van der Waals surface area contributed by atoms with Crippen molar-refractivity contribution in [2.75, 3.05) is 0 Å². The smallest absolute Gasteiger partial charge is 0.115 e. The normalized spacial score (nSPS) is 43.1. The van der Waals surface area contributed by atoms with E-state index in [0.717, 1.165) is 38.5 Å². The van der Waals surface area contributed by atoms with Crippen LogP contribution in [0.25, 0.3) is 0 Å². The highest BCUT2D eigenvalue weighted by molar-refractivity contribution is 5.42. The molecule has 0 aromatic heterocycles. The molecule has 2 nitrogen and oxygen atoms in total. The number of aryl methyl sites for hydroxylation is 1. The molecule has 0 saturated heterocycles. The fourth-order valence-electron chi connectivity index (χ4n) is 6.09. The lowest BCUT2D eigenvalue weighted by Crippen LogP contribution is -2.50. The fraction of sp³-hybridized carbons (Fsp3) is 0.600. The maximum absolute atomic E-state index is 10.5. The Hall–Kier alpha value is -1.28. The minimum absolute atomic E-state index is 0.0547. The lowest BCUT2D eigenvalue weighted by atomic mass is 9.47. The van der Waals surface area contributed by atoms with Crippen molar-refractivity contribution in [1.82, 2.24) is 0 Å². The summed E-state index contributed by atoms with van der Waals surface area (Å²) in [6.07, 6.45) is 8.44. The zero-order valence-corrected chi connectivity index (χ0v) is 13.4. The van der Waals surface area contributed by atoms with E-state index in [2.05, 4.69) is 25.6 Å². The molecule has 2 saturated carbocycles. The standard InChI is InChI=1S/C20H26O2/c1-3-20-11-8-13-12-14(21)4-5-15(13)16(20)9-10-19(2)17(20)6-7-18(19)22/h3-5,12,16-18,21-22H,1,6-11H2,2H3/t16-,17-,18-,19+,20-/m1/s1. The summed E-state index contributed by atoms with van der Waals surface area (Å²) in [5, 5.41) is 20.3. The van der Waals surface area contributed by atoms with Crippen molar-refractivity contribution >= 4 is 0 Å². The molecule has 0 spiro atoms. The summed E-state index contributed by atoms with van der Waals surface area (Å²) in [7, 11) is 0. The molecule has 0 bridgehead atoms. The molecule has 0 heterocycles. The van der Waals surface area contributed by atoms with Crippen molar-refractivity contribution in [2.24, 2.45) is 16.7 Å². The molecule has 2 fully saturated rings. The highest BCUT2D eigenvalue weighted by Crippen LogP contribution is 2.67. The monoisotopic (exact) mass is 298 g/mol. The second kappa shape index (κ2) is 4.61. The summed E-state index contributed by atoms with van der Waals surface area (Å²) < 4.78 is 0. The van der Waals surface area contributed by atoms with Gasteiger partial charge in [-0.1, -0.05) is 19.1 Å². The minimum atomic E-state index is -0.156. The first-order valence-electron chi connectivity index (χ1n) is 8.65. The Morgan fingerprint density at radius 2 is 2.05 bits per heavy atom. The van der Waals surface area contributed by atoms with Gasteiger partial charge in [0.1, 0.15) is 5.75 Å². The van der Waals surface area contributed by atoms with Crippen LogP contribution in [0.15, 0.2) is 30.9 Å². The quantitative estimate of drug-likeness (QED) is 0.764. The highest BCUT2D eigenvalue weighted by atomic mass is 16.3. The Labute approximate surface area is 132 Å². The Kier molecular flexibility index (Phi) is 3.00. The number of aliphatic hydroxyl groups excluding tert-OH is 1. The van der Waals surface area contributed by atoms with Crippen molar-refractivity contribution in [3.63, 3.8) is 0 Å². The molecule has 3 aliphatic rings. The van der Waals surface area contributed by atoms with Crippen LogP contribution < -0.4 is 0 Å². The maximum Gasteiger partial charge on any atom is 0.115 e. The summed E-state index contributed by atoms with van der Waals surface area (Å²) in [4.78, 5) is 0. The predicted octanol–water partition coefficient (Wildman–Crippen LogP) is 4.17. The van der Waals surface area contributed by atoms with Crippen LogP contribution >= 0.6 is 0 Å². The number of fused-ring (bicyclic) bond motifs is 5. The van der Waals surface area contributed by atoms with Crippen molar-refractivity contribution in [3.8, 4) is 5.75 Å². The molecule has 22 heavy (non-hydrogen) atoms. The molecule has 0 unspecified atom stereocenters. The number of aliphatic hydroxyl groups is 1. The number of allylic oxidation sites excluding steroid dienone is 1. The third-order valence-electron chi connectivity index (χ3n) is 7.26. The van der Waals surface area contributed by atoms with Gasteiger partial charge in [0.2, 0.25) is 0 Å². The summed E-state index contributed by atoms with van der Waals surface area (Å²) in [5.41, 5.74) is 2.89. The zero-order chi connectivity index (χ0) is 15.5. The van der Waals surface area contributed by atoms with Gasteiger partial charge in [0, 0.05) is 0 Å². The third kappa shape index (κ3) is 1.65. The van der Waals surface area contributed by atoms with Crippen molar-refractivity contribution in [1.29, 1.82) is 0 Å². The Balaban J connectivity index is 1.83. The van der Waals surface area contributed by atoms with Crippen LogP contribution in [0.2, 0.25) is 0 Å². The van der Waals surface area contributed by atoms with Crippen LogP contribution in [0.4, 0.5) is 0 Å². The molecule has 5 atom stereocenters. The van der Waals surface area contributed by atoms with Gasteiger partial charge in [-0.15, -0.1) is 6.58 Å². The summed E-state index contributed by atoms with van der Waals surface area (Å²) >= 11 is 0. The second-order valence-electron chi connectivity index (χ2n) is 7.94. The van der Waals surface area contributed by atoms with E-state index in [-0.39, 0.29) is 16.9 Å². The molecular formula is C20H26O2. The lowest BCUT2D eigenvalue weighted by molar-refractivity contribution is -0.0528. The number of hydrogen-bond donors (Lipinski definition) is 2. The zero-order valence-electron chi connectivity index (χ0n) is 13.4. The number of rotatable bonds is 1. The van der Waals surface area contributed by atoms with E-state index in [9.17, 15) is 10.2 Å². The number of benzene rings is 1. The number of hydrogen-bond acceptors (Lipinski definition) is 2. The SMILES string of the molecule is C=C[C@@]12CCc3cc(O)ccc3[C@H]1CC[C@]1(C)[C@H](O)CC[C@H]12. The molecule has 118 valence electrons. The van der Waals surface area contributed by atoms with Crippen molar-refractivity contribution in [3.05, 3.63) is 42.0 Å². The highest BCUT2D eigenvalue weighted by Gasteiger charge is 2.60. The van der Waals surface area contributed by atoms with E-state index < -0.39 is 0 Å². The van der Waals surface area contributed by atoms with Crippen LogP contribution in [-0.2, 0) is 6.42 Å². The van der Waals surface area contributed by atoms with E-state index in [0.29, 0.717) is 17.6 Å². The Morgan fingerprint density at radius 3 is 2.82 bits per heavy atom. The van der Waals surface area contributed by atoms with Gasteiger partial charge in [-0.05, 0) is 84.5 Å². The fourth-order valence-corrected chi connectivity index (χ4v) is 6.09. The molecule has 4 rings (SSSR count). The van der Waals surface area contributed by atoms with Crippen molar-refractivity contribution in [2.45, 2.75) is 57.5 Å². The first kappa shape index (κ1) is 14.3. The molecule has 1 aromatic carbocycles. The molecule has 0 amide bonds. The van der Waals surface area contributed by atoms with Gasteiger partial charge in [0.05, 0.1) is 6.10 Å². The number of phenols is 1. The molecule has 0 aliphatic heterocycles. The van der Waals surface area contributed by atoms with Gasteiger partial charge in [0.15, 0.2) is 0 Å². The van der Waals surface area contributed by atoms with Gasteiger partial charge in [-0.2, -0.15) is 0 Å². The van der Waals surface area contributed by atoms with Crippen LogP contribution in [-0.4, -0.2) is 16.3 Å². The first-order valence-corrected chi connectivity index (χ1v) is 8.65. The second-order valence-corrected chi connectivity index (χ2v) is 7.94. The van der Waals surface area contributed by atoms with E-state index in [1.54, 1.807) is 0 Å². The average molecular weight is 298 g/mol. The van der Waals surface area contributed by atoms with Crippen LogP contribution in [0, 0.1) is 16.7 Å². The van der Waals surface area contributed by atoms with E-state index in [1.165, 1.54) is 11.1 Å². The molecule has 0 radical (unpaired) electrons. The predicted molar refractivity (Wildman–Crippen MR) is 87.9 cm³/mol. The number of aromatic hydroxyl groups is 1. The molecule has 2 N–H and O–H groups in total. The summed E-state index contributed by atoms with van der Waals surface area (Å²) in [6, 6.07) is 5.90. The maximum atomic E-state index is 10.5. The first-order chi connectivity index (χ1) is 10.5. The van der Waals surface area contributed by atoms with Gasteiger partial charge >= 0.3 is 0 Å². The van der Waals surface area contributed by atoms with Crippen LogP contribution in [0.5, 0.6) is 5.75 Å². The molecule has 3 aliphatic carbocycles. The minimum Gasteiger partial charge on any atom is -0.508 e. The molecule has 1 aromatic rings. The Bertz CT molecular complexity index is 622. The van der Waals surface area contributed by atoms with Gasteiger partial charge in [-0.25, -0.2) is 0 Å². The van der Waals surface area contributed by atoms with Gasteiger partial charge < -0.3 is 10.2 Å². The van der Waals surface area contributed by atoms with Crippen LogP contribution in [0.3, 0.4) is 0 Å². The van der Waals surface area contributed by atoms with Gasteiger partial charge in [-0.3, -0.25) is 0 Å². The average Bonchev–Trinajstić information content (AvgIpc) is 2.82. The van der Waals surface area contributed by atoms with Crippen molar-refractivity contribution < 1.29 is 10.2 Å². The number of phenolic OH excluding ortho intramolecular Hbond substituents is 1. The largest absolute Gasteiger partial charge is 0.508 e.